The number of β-amino-alcohol motifs (C(OH)–C–C–N with tert-alkyl or cyclic N) is 1. The zero-order valence-corrected chi connectivity index (χ0v) is 41.8. The van der Waals surface area contributed by atoms with Crippen LogP contribution >= 0.6 is 0 Å². The first-order chi connectivity index (χ1) is 34.7. The average Bonchev–Trinajstić information content (AvgIpc) is 4.13. The molecule has 0 bridgehead atoms. The first-order valence-electron chi connectivity index (χ1n) is 25.2. The number of rotatable bonds is 20. The van der Waals surface area contributed by atoms with Gasteiger partial charge >= 0.3 is 5.97 Å². The molecule has 0 aromatic heterocycles. The lowest BCUT2D eigenvalue weighted by atomic mass is 10.1. The molecule has 5 heterocycles. The number of aliphatic hydroxyl groups is 4. The van der Waals surface area contributed by atoms with Crippen molar-refractivity contribution in [3.05, 3.63) is 106 Å². The van der Waals surface area contributed by atoms with Gasteiger partial charge < -0.3 is 30.0 Å². The first-order valence-corrected chi connectivity index (χ1v) is 25.2. The molecule has 18 heteroatoms. The van der Waals surface area contributed by atoms with Crippen LogP contribution in [0, 0.1) is 5.92 Å². The molecule has 390 valence electrons. The Labute approximate surface area is 421 Å². The molecule has 4 N–H and O–H groups in total. The number of ketones is 1. The fourth-order valence-electron chi connectivity index (χ4n) is 9.26. The van der Waals surface area contributed by atoms with Crippen LogP contribution in [-0.2, 0) is 14.3 Å². The molecule has 8 rings (SSSR count). The third-order valence-electron chi connectivity index (χ3n) is 13.4. The maximum absolute atomic E-state index is 12.2. The maximum Gasteiger partial charge on any atom is 0.305 e. The molecule has 5 aliphatic rings. The number of esters is 1. The van der Waals surface area contributed by atoms with Crippen LogP contribution in [0.5, 0.6) is 0 Å². The van der Waals surface area contributed by atoms with Crippen LogP contribution < -0.4 is 0 Å². The fourth-order valence-corrected chi connectivity index (χ4v) is 9.26. The number of Topliss-reactive ketones (excluding diaryl/α,β-unsaturated/α-hetero) is 1. The molecule has 3 aromatic rings. The molecule has 4 atom stereocenters. The van der Waals surface area contributed by atoms with Crippen molar-refractivity contribution in [2.75, 3.05) is 72.2 Å². The number of likely N-dealkylation sites (tertiary alicyclic amines) is 2. The van der Waals surface area contributed by atoms with E-state index in [9.17, 15) is 53.7 Å². The lowest BCUT2D eigenvalue weighted by Gasteiger charge is -2.26. The second kappa shape index (κ2) is 28.3. The first kappa shape index (κ1) is 56.9. The molecule has 2 saturated heterocycles. The van der Waals surface area contributed by atoms with Gasteiger partial charge in [0, 0.05) is 77.7 Å². The van der Waals surface area contributed by atoms with Gasteiger partial charge in [-0.25, -0.2) is 0 Å². The summed E-state index contributed by atoms with van der Waals surface area (Å²) >= 11 is 0. The smallest absolute Gasteiger partial charge is 0.305 e. The van der Waals surface area contributed by atoms with E-state index in [1.54, 1.807) is 86.6 Å². The predicted octanol–water partition coefficient (Wildman–Crippen LogP) is 4.23. The minimum absolute atomic E-state index is 0.0509. The van der Waals surface area contributed by atoms with Gasteiger partial charge in [0.1, 0.15) is 5.78 Å². The summed E-state index contributed by atoms with van der Waals surface area (Å²) in [7, 11) is 0. The number of nitrogens with zero attached hydrogens (tertiary/aromatic N) is 5. The monoisotopic (exact) mass is 998 g/mol. The molecule has 0 aliphatic carbocycles. The molecular formula is C54H71N5O13. The second-order valence-electron chi connectivity index (χ2n) is 18.5. The minimum atomic E-state index is -0.544. The Kier molecular flexibility index (Phi) is 22.3. The molecule has 18 nitrogen and oxygen atoms in total. The highest BCUT2D eigenvalue weighted by Crippen LogP contribution is 2.26. The van der Waals surface area contributed by atoms with E-state index in [4.69, 9.17) is 9.84 Å². The quantitative estimate of drug-likeness (QED) is 0.0704. The number of unbranched alkanes of at least 4 members (excludes halogenated alkanes) is 5. The van der Waals surface area contributed by atoms with E-state index in [1.165, 1.54) is 34.0 Å². The van der Waals surface area contributed by atoms with Gasteiger partial charge in [0.2, 0.25) is 0 Å². The summed E-state index contributed by atoms with van der Waals surface area (Å²) in [6.07, 6.45) is 7.65. The number of hydrogen-bond acceptors (Lipinski definition) is 15. The highest BCUT2D eigenvalue weighted by atomic mass is 16.5. The van der Waals surface area contributed by atoms with Crippen molar-refractivity contribution in [1.82, 2.24) is 24.5 Å². The van der Waals surface area contributed by atoms with E-state index in [0.29, 0.717) is 105 Å². The van der Waals surface area contributed by atoms with E-state index in [-0.39, 0.29) is 78.9 Å². The number of benzene rings is 3. The number of carbonyl (C=O) groups excluding carboxylic acids is 8. The summed E-state index contributed by atoms with van der Waals surface area (Å²) in [5.74, 6) is -1.45. The maximum atomic E-state index is 12.2. The van der Waals surface area contributed by atoms with E-state index >= 15 is 0 Å². The zero-order chi connectivity index (χ0) is 52.3. The molecule has 0 saturated carbocycles. The standard InChI is InChI=1S/2C15H18N2O4.C15H19NO2.C9H16O3/c18-9-10-7-16(8-13(10)19)5-6-17-14(20)11-3-1-2-4-12(11)15(17)21;18-9-12-13(19)5-6-16(12)7-8-17-14(20)10-3-1-2-4-11(10)15(17)21;1-2-3-4-5-8-11-16-14(17)12-9-6-7-10-13(12)15(16)18;1-3-12-9(11)7-5-4-6-8(2)10/h1-4,10,13,18-19H,5-9H2;1-4,12-13,18-19H,5-9H2;6-7,9-10H,2-5,8,11H2,1H3;3-7H2,1-2H3/t10-,13-;12-,13-;;/m01../s1. The van der Waals surface area contributed by atoms with Gasteiger partial charge in [0.25, 0.3) is 35.4 Å². The fraction of sp³-hybridized carbons (Fsp3) is 0.519. The second-order valence-corrected chi connectivity index (χ2v) is 18.5. The molecule has 72 heavy (non-hydrogen) atoms. The Morgan fingerprint density at radius 2 is 0.986 bits per heavy atom. The molecule has 0 radical (unpaired) electrons. The number of ether oxygens (including phenoxy) is 1. The highest BCUT2D eigenvalue weighted by Gasteiger charge is 2.39. The molecule has 0 unspecified atom stereocenters. The number of aliphatic hydroxyl groups excluding tert-OH is 4. The third kappa shape index (κ3) is 14.8. The van der Waals surface area contributed by atoms with Gasteiger partial charge in [0.15, 0.2) is 0 Å². The number of hydrogen-bond donors (Lipinski definition) is 4. The number of amides is 6. The zero-order valence-electron chi connectivity index (χ0n) is 41.8. The van der Waals surface area contributed by atoms with Crippen LogP contribution in [0.1, 0.15) is 147 Å². The van der Waals surface area contributed by atoms with E-state index < -0.39 is 12.2 Å². The van der Waals surface area contributed by atoms with Crippen molar-refractivity contribution in [3.63, 3.8) is 0 Å². The van der Waals surface area contributed by atoms with Crippen LogP contribution in [0.3, 0.4) is 0 Å². The number of imide groups is 3. The van der Waals surface area contributed by atoms with Crippen LogP contribution in [0.4, 0.5) is 0 Å². The summed E-state index contributed by atoms with van der Waals surface area (Å²) in [6, 6.07) is 20.4. The topological polar surface area (TPSA) is 243 Å². The minimum Gasteiger partial charge on any atom is -0.466 e. The third-order valence-corrected chi connectivity index (χ3v) is 13.4. The van der Waals surface area contributed by atoms with Gasteiger partial charge in [-0.2, -0.15) is 0 Å². The van der Waals surface area contributed by atoms with Gasteiger partial charge in [-0.15, -0.1) is 0 Å². The van der Waals surface area contributed by atoms with Crippen molar-refractivity contribution >= 4 is 47.2 Å². The molecule has 5 aliphatic heterocycles. The Morgan fingerprint density at radius 1 is 0.542 bits per heavy atom. The molecule has 6 amide bonds. The molecular weight excluding hydrogens is 927 g/mol. The van der Waals surface area contributed by atoms with Crippen LogP contribution in [0.25, 0.3) is 0 Å². The van der Waals surface area contributed by atoms with Gasteiger partial charge in [-0.05, 0) is 75.9 Å². The van der Waals surface area contributed by atoms with Crippen LogP contribution in [-0.4, -0.2) is 183 Å². The number of carbonyl (C=O) groups is 8. The SMILES string of the molecule is CCCCCCCN1C(=O)c2ccccc2C1=O.CCOC(=O)CCCCC(C)=O.O=C1c2ccccc2C(=O)N1CCN1CC[C@@H](O)[C@H]1CO.O=C1c2ccccc2C(=O)N1CCN1C[C@@H](CO)[C@@H](O)C1. The molecule has 3 aromatic carbocycles. The Bertz CT molecular complexity index is 2270. The Hall–Kier alpha value is -6.02. The summed E-state index contributed by atoms with van der Waals surface area (Å²) in [6.45, 7) is 9.60. The van der Waals surface area contributed by atoms with Gasteiger partial charge in [-0.1, -0.05) is 69.0 Å². The Morgan fingerprint density at radius 3 is 1.40 bits per heavy atom. The normalized spacial score (nSPS) is 20.1. The van der Waals surface area contributed by atoms with Crippen molar-refractivity contribution in [3.8, 4) is 0 Å². The summed E-state index contributed by atoms with van der Waals surface area (Å²) in [4.78, 5) is 102. The summed E-state index contributed by atoms with van der Waals surface area (Å²) in [5.41, 5.74) is 2.91. The number of fused-ring (bicyclic) bond motifs is 3. The predicted molar refractivity (Wildman–Crippen MR) is 266 cm³/mol. The van der Waals surface area contributed by atoms with Crippen molar-refractivity contribution in [2.24, 2.45) is 5.92 Å². The lowest BCUT2D eigenvalue weighted by Crippen LogP contribution is -2.43. The van der Waals surface area contributed by atoms with Crippen LogP contribution in [0.2, 0.25) is 0 Å². The Balaban J connectivity index is 0.000000182. The van der Waals surface area contributed by atoms with Crippen LogP contribution in [0.15, 0.2) is 72.8 Å². The van der Waals surface area contributed by atoms with E-state index in [2.05, 4.69) is 6.92 Å². The van der Waals surface area contributed by atoms with E-state index in [0.717, 1.165) is 25.7 Å². The molecule has 2 fully saturated rings. The van der Waals surface area contributed by atoms with Crippen molar-refractivity contribution < 1.29 is 63.5 Å². The lowest BCUT2D eigenvalue weighted by molar-refractivity contribution is -0.143. The summed E-state index contributed by atoms with van der Waals surface area (Å²) in [5, 5.41) is 37.9. The van der Waals surface area contributed by atoms with Gasteiger partial charge in [0.05, 0.1) is 64.8 Å². The van der Waals surface area contributed by atoms with E-state index in [1.807, 2.05) is 9.80 Å². The highest BCUT2D eigenvalue weighted by molar-refractivity contribution is 6.22. The molecule has 0 spiro atoms. The average molecular weight is 998 g/mol. The summed E-state index contributed by atoms with van der Waals surface area (Å²) < 4.78 is 4.73. The van der Waals surface area contributed by atoms with Crippen molar-refractivity contribution in [2.45, 2.75) is 103 Å². The van der Waals surface area contributed by atoms with Gasteiger partial charge in [-0.3, -0.25) is 58.1 Å². The van der Waals surface area contributed by atoms with Crippen molar-refractivity contribution in [1.29, 1.82) is 0 Å². The largest absolute Gasteiger partial charge is 0.466 e.